The molecule has 0 fully saturated rings. The van der Waals surface area contributed by atoms with Crippen molar-refractivity contribution in [2.24, 2.45) is 5.92 Å². The fraction of sp³-hybridized carbons (Fsp3) is 0.0986. The van der Waals surface area contributed by atoms with E-state index in [2.05, 4.69) is 259 Å². The molecule has 1 atom stereocenters. The van der Waals surface area contributed by atoms with Gasteiger partial charge in [-0.05, 0) is 155 Å². The second kappa shape index (κ2) is 16.4. The minimum absolute atomic E-state index is 0.375. The predicted molar refractivity (Wildman–Crippen MR) is 310 cm³/mol. The van der Waals surface area contributed by atoms with E-state index in [1.807, 2.05) is 0 Å². The highest BCUT2D eigenvalue weighted by molar-refractivity contribution is 6.35. The Balaban J connectivity index is 0.869. The van der Waals surface area contributed by atoms with Gasteiger partial charge in [0.15, 0.2) is 0 Å². The van der Waals surface area contributed by atoms with Crippen LogP contribution in [0.3, 0.4) is 0 Å². The first-order chi connectivity index (χ1) is 36.1. The van der Waals surface area contributed by atoms with Crippen molar-refractivity contribution in [3.05, 3.63) is 280 Å². The highest BCUT2D eigenvalue weighted by Crippen LogP contribution is 2.59. The maximum atomic E-state index is 2.65. The van der Waals surface area contributed by atoms with Crippen molar-refractivity contribution in [2.45, 2.75) is 31.6 Å². The molecule has 2 nitrogen and oxygen atoms in total. The lowest BCUT2D eigenvalue weighted by atomic mass is 9.65. The number of hydrogen-bond acceptors (Lipinski definition) is 2. The zero-order valence-corrected chi connectivity index (χ0v) is 40.9. The van der Waals surface area contributed by atoms with E-state index < -0.39 is 5.41 Å². The van der Waals surface area contributed by atoms with Crippen LogP contribution in [0.4, 0.5) is 22.7 Å². The molecule has 346 valence electrons. The van der Waals surface area contributed by atoms with E-state index >= 15 is 0 Å². The van der Waals surface area contributed by atoms with Crippen molar-refractivity contribution in [1.82, 2.24) is 0 Å². The third-order valence-corrected chi connectivity index (χ3v) is 16.8. The van der Waals surface area contributed by atoms with Gasteiger partial charge in [-0.25, -0.2) is 0 Å². The van der Waals surface area contributed by atoms with Crippen LogP contribution in [0.1, 0.15) is 69.8 Å². The number of aryl methyl sites for hydroxylation is 1. The monoisotopic (exact) mass is 932 g/mol. The van der Waals surface area contributed by atoms with Crippen LogP contribution in [-0.4, -0.2) is 6.54 Å². The molecule has 0 N–H and O–H groups in total. The molecule has 0 saturated carbocycles. The van der Waals surface area contributed by atoms with E-state index in [-0.39, 0.29) is 0 Å². The first kappa shape index (κ1) is 42.0. The molecule has 0 aromatic heterocycles. The predicted octanol–water partition coefficient (Wildman–Crippen LogP) is 18.3. The van der Waals surface area contributed by atoms with Crippen LogP contribution in [0.2, 0.25) is 0 Å². The Hall–Kier alpha value is -8.72. The Morgan fingerprint density at radius 1 is 0.493 bits per heavy atom. The third-order valence-electron chi connectivity index (χ3n) is 16.8. The van der Waals surface area contributed by atoms with E-state index in [9.17, 15) is 0 Å². The molecular formula is C71H52N2. The zero-order chi connectivity index (χ0) is 48.2. The Labute approximate surface area is 427 Å². The number of para-hydroxylation sites is 3. The van der Waals surface area contributed by atoms with E-state index in [4.69, 9.17) is 0 Å². The molecule has 11 aromatic rings. The van der Waals surface area contributed by atoms with Gasteiger partial charge in [-0.3, -0.25) is 0 Å². The van der Waals surface area contributed by atoms with Crippen molar-refractivity contribution < 1.29 is 0 Å². The standard InChI is InChI=1S/C71H52N2/c1-46-43-61-55-38-33-47(44-62(55)71(52-21-4-2-5-22-52,53-23-6-3-7-24-53)63(61)45-68(46)72-42-16-20-49-17-8-11-29-64(49)72)32-34-48-37-39-58-57-27-15-28-60-67(41-40-59(70(57)60)56-26-14-25-54(48)69(56)58)73-65-30-12-9-18-50(65)35-36-51-19-10-13-31-66(51)73/h2-15,17-19,21-41,44-46H,16,20,42-43H2,1H3. The first-order valence-corrected chi connectivity index (χ1v) is 26.2. The summed E-state index contributed by atoms with van der Waals surface area (Å²) in [7, 11) is 0. The second-order valence-corrected chi connectivity index (χ2v) is 20.6. The van der Waals surface area contributed by atoms with Crippen LogP contribution >= 0.6 is 0 Å². The SMILES string of the molecule is CC1CC2=C(C=C1N1CCCc3ccccc31)C(c1ccccc1)(c1ccccc1)c1cc(C=Cc3ccc4c5cccc6c(N7c8ccccc8C=Cc8ccccc87)ccc(c7cccc3c47)c65)ccc12. The Morgan fingerprint density at radius 2 is 1.08 bits per heavy atom. The lowest BCUT2D eigenvalue weighted by molar-refractivity contribution is 0.619. The van der Waals surface area contributed by atoms with Gasteiger partial charge in [0.1, 0.15) is 0 Å². The van der Waals surface area contributed by atoms with Crippen molar-refractivity contribution in [3.63, 3.8) is 0 Å². The van der Waals surface area contributed by atoms with E-state index in [1.165, 1.54) is 133 Å². The van der Waals surface area contributed by atoms with Crippen molar-refractivity contribution in [3.8, 4) is 0 Å². The minimum Gasteiger partial charge on any atom is -0.345 e. The van der Waals surface area contributed by atoms with E-state index in [1.54, 1.807) is 0 Å². The highest BCUT2D eigenvalue weighted by Gasteiger charge is 2.49. The van der Waals surface area contributed by atoms with Gasteiger partial charge in [0, 0.05) is 29.2 Å². The van der Waals surface area contributed by atoms with Gasteiger partial charge in [-0.2, -0.15) is 0 Å². The maximum Gasteiger partial charge on any atom is 0.0711 e. The molecule has 2 aliphatic heterocycles. The van der Waals surface area contributed by atoms with Gasteiger partial charge in [0.2, 0.25) is 0 Å². The fourth-order valence-electron chi connectivity index (χ4n) is 13.7. The smallest absolute Gasteiger partial charge is 0.0711 e. The van der Waals surface area contributed by atoms with Crippen LogP contribution in [0.5, 0.6) is 0 Å². The Morgan fingerprint density at radius 3 is 1.79 bits per heavy atom. The molecule has 0 saturated heterocycles. The summed E-state index contributed by atoms with van der Waals surface area (Å²) in [6.45, 7) is 3.49. The van der Waals surface area contributed by atoms with E-state index in [0.717, 1.165) is 25.8 Å². The molecule has 2 aliphatic carbocycles. The van der Waals surface area contributed by atoms with Gasteiger partial charge in [-0.15, -0.1) is 0 Å². The van der Waals surface area contributed by atoms with Gasteiger partial charge in [0.05, 0.1) is 22.5 Å². The summed E-state index contributed by atoms with van der Waals surface area (Å²) in [6, 6.07) is 79.8. The van der Waals surface area contributed by atoms with Crippen LogP contribution in [0.15, 0.2) is 230 Å². The summed E-state index contributed by atoms with van der Waals surface area (Å²) >= 11 is 0. The highest BCUT2D eigenvalue weighted by atomic mass is 15.2. The number of anilines is 4. The molecule has 4 aliphatic rings. The van der Waals surface area contributed by atoms with Crippen molar-refractivity contribution in [1.29, 1.82) is 0 Å². The van der Waals surface area contributed by atoms with Crippen molar-refractivity contribution in [2.75, 3.05) is 16.3 Å². The van der Waals surface area contributed by atoms with Crippen molar-refractivity contribution >= 4 is 95.7 Å². The van der Waals surface area contributed by atoms with Gasteiger partial charge >= 0.3 is 0 Å². The summed E-state index contributed by atoms with van der Waals surface area (Å²) < 4.78 is 0. The summed E-state index contributed by atoms with van der Waals surface area (Å²) in [4.78, 5) is 5.11. The number of fused-ring (bicyclic) bond motifs is 7. The van der Waals surface area contributed by atoms with Gasteiger partial charge in [0.25, 0.3) is 0 Å². The normalized spacial score (nSPS) is 16.7. The van der Waals surface area contributed by atoms with Gasteiger partial charge < -0.3 is 9.80 Å². The molecule has 0 radical (unpaired) electrons. The summed E-state index contributed by atoms with van der Waals surface area (Å²) in [5, 5.41) is 10.3. The molecule has 11 aromatic carbocycles. The number of benzene rings is 11. The Bertz CT molecular complexity index is 4060. The molecule has 2 heterocycles. The van der Waals surface area contributed by atoms with Crippen LogP contribution in [-0.2, 0) is 11.8 Å². The lowest BCUT2D eigenvalue weighted by Gasteiger charge is -2.40. The zero-order valence-electron chi connectivity index (χ0n) is 40.9. The van der Waals surface area contributed by atoms with Crippen LogP contribution in [0.25, 0.3) is 73.0 Å². The van der Waals surface area contributed by atoms with E-state index in [0.29, 0.717) is 5.92 Å². The fourth-order valence-corrected chi connectivity index (χ4v) is 13.7. The maximum absolute atomic E-state index is 2.65. The topological polar surface area (TPSA) is 6.48 Å². The van der Waals surface area contributed by atoms with Gasteiger partial charge in [-0.1, -0.05) is 213 Å². The van der Waals surface area contributed by atoms with Crippen LogP contribution in [0, 0.1) is 5.92 Å². The largest absolute Gasteiger partial charge is 0.345 e. The molecule has 15 rings (SSSR count). The first-order valence-electron chi connectivity index (χ1n) is 26.2. The Kier molecular flexibility index (Phi) is 9.45. The van der Waals surface area contributed by atoms with Crippen LogP contribution < -0.4 is 9.80 Å². The molecule has 1 unspecified atom stereocenters. The average Bonchev–Trinajstić information content (AvgIpc) is 3.68. The molecule has 73 heavy (non-hydrogen) atoms. The molecule has 0 bridgehead atoms. The molecule has 0 amide bonds. The third kappa shape index (κ3) is 6.23. The average molecular weight is 933 g/mol. The minimum atomic E-state index is -0.483. The molecule has 2 heteroatoms. The lowest BCUT2D eigenvalue weighted by Crippen LogP contribution is -2.35. The molecular weight excluding hydrogens is 881 g/mol. The second-order valence-electron chi connectivity index (χ2n) is 20.6. The summed E-state index contributed by atoms with van der Waals surface area (Å²) in [5.74, 6) is 0.375. The number of allylic oxidation sites excluding steroid dienone is 4. The number of nitrogens with zero attached hydrogens (tertiary/aromatic N) is 2. The summed E-state index contributed by atoms with van der Waals surface area (Å²) in [6.07, 6.45) is 15.1. The number of rotatable bonds is 6. The quantitative estimate of drug-likeness (QED) is 0.0931. The summed E-state index contributed by atoms with van der Waals surface area (Å²) in [5.41, 5.74) is 20.4. The molecule has 0 spiro atoms. The number of hydrogen-bond donors (Lipinski definition) is 0.